The Bertz CT molecular complexity index is 626. The van der Waals surface area contributed by atoms with Gasteiger partial charge in [-0.25, -0.2) is 0 Å². The summed E-state index contributed by atoms with van der Waals surface area (Å²) < 4.78 is 4.64. The minimum atomic E-state index is -0.00128. The van der Waals surface area contributed by atoms with Crippen molar-refractivity contribution < 1.29 is 0 Å². The zero-order valence-corrected chi connectivity index (χ0v) is 12.2. The molecule has 0 bridgehead atoms. The molecule has 5 heteroatoms. The van der Waals surface area contributed by atoms with Crippen molar-refractivity contribution >= 4 is 15.9 Å². The van der Waals surface area contributed by atoms with Gasteiger partial charge < -0.3 is 4.57 Å². The van der Waals surface area contributed by atoms with E-state index in [0.717, 1.165) is 10.2 Å². The number of rotatable bonds is 3. The normalized spacial score (nSPS) is 16.1. The van der Waals surface area contributed by atoms with E-state index in [2.05, 4.69) is 25.7 Å². The third kappa shape index (κ3) is 2.81. The topological polar surface area (TPSA) is 39.8 Å². The number of nitrogens with zero attached hydrogens (tertiary/aromatic N) is 3. The lowest BCUT2D eigenvalue weighted by Gasteiger charge is -2.09. The molecule has 0 unspecified atom stereocenters. The van der Waals surface area contributed by atoms with E-state index in [1.165, 1.54) is 25.7 Å². The fourth-order valence-electron chi connectivity index (χ4n) is 2.63. The van der Waals surface area contributed by atoms with E-state index in [1.807, 2.05) is 12.3 Å². The summed E-state index contributed by atoms with van der Waals surface area (Å²) in [5.74, 6) is 0. The third-order valence-corrected chi connectivity index (χ3v) is 4.11. The van der Waals surface area contributed by atoms with Gasteiger partial charge in [-0.1, -0.05) is 12.8 Å². The highest BCUT2D eigenvalue weighted by Crippen LogP contribution is 2.28. The first-order valence-corrected chi connectivity index (χ1v) is 7.42. The Labute approximate surface area is 120 Å². The van der Waals surface area contributed by atoms with E-state index >= 15 is 0 Å². The monoisotopic (exact) mass is 321 g/mol. The lowest BCUT2D eigenvalue weighted by atomic mass is 10.3. The van der Waals surface area contributed by atoms with Gasteiger partial charge in [-0.2, -0.15) is 5.10 Å². The van der Waals surface area contributed by atoms with Crippen LogP contribution in [0.25, 0.3) is 0 Å². The first-order chi connectivity index (χ1) is 9.22. The summed E-state index contributed by atoms with van der Waals surface area (Å²) in [7, 11) is 0. The van der Waals surface area contributed by atoms with Crippen LogP contribution in [0.1, 0.15) is 37.4 Å². The lowest BCUT2D eigenvalue weighted by Crippen LogP contribution is -2.19. The summed E-state index contributed by atoms with van der Waals surface area (Å²) in [5.41, 5.74) is 0.936. The quantitative estimate of drug-likeness (QED) is 0.871. The maximum Gasteiger partial charge on any atom is 0.250 e. The standard InChI is InChI=1S/C14H16BrN3O/c15-11-5-6-14(19)17(9-11)10-12-7-8-18(16-12)13-3-1-2-4-13/h5-9,13H,1-4,10H2. The van der Waals surface area contributed by atoms with Crippen LogP contribution >= 0.6 is 15.9 Å². The molecule has 1 fully saturated rings. The molecule has 2 aromatic heterocycles. The summed E-state index contributed by atoms with van der Waals surface area (Å²) in [6, 6.07) is 5.88. The van der Waals surface area contributed by atoms with Crippen molar-refractivity contribution in [3.05, 3.63) is 51.1 Å². The van der Waals surface area contributed by atoms with Crippen LogP contribution < -0.4 is 5.56 Å². The molecule has 0 radical (unpaired) electrons. The Kier molecular flexibility index (Phi) is 3.55. The highest BCUT2D eigenvalue weighted by Gasteiger charge is 2.17. The Balaban J connectivity index is 1.79. The van der Waals surface area contributed by atoms with Gasteiger partial charge in [0.15, 0.2) is 0 Å². The van der Waals surface area contributed by atoms with Crippen LogP contribution in [0.4, 0.5) is 0 Å². The maximum absolute atomic E-state index is 11.7. The second-order valence-electron chi connectivity index (χ2n) is 5.04. The van der Waals surface area contributed by atoms with Crippen LogP contribution in [0, 0.1) is 0 Å². The van der Waals surface area contributed by atoms with E-state index in [1.54, 1.807) is 22.9 Å². The molecule has 19 heavy (non-hydrogen) atoms. The first kappa shape index (κ1) is 12.7. The highest BCUT2D eigenvalue weighted by atomic mass is 79.9. The molecule has 1 aliphatic carbocycles. The molecule has 0 aliphatic heterocycles. The predicted octanol–water partition coefficient (Wildman–Crippen LogP) is 2.97. The molecule has 1 aliphatic rings. The van der Waals surface area contributed by atoms with Gasteiger partial charge in [0.2, 0.25) is 0 Å². The smallest absolute Gasteiger partial charge is 0.250 e. The van der Waals surface area contributed by atoms with E-state index in [4.69, 9.17) is 0 Å². The van der Waals surface area contributed by atoms with Crippen molar-refractivity contribution in [1.82, 2.24) is 14.3 Å². The molecule has 0 saturated heterocycles. The van der Waals surface area contributed by atoms with Gasteiger partial charge in [0.05, 0.1) is 18.3 Å². The van der Waals surface area contributed by atoms with Gasteiger partial charge in [-0.15, -0.1) is 0 Å². The van der Waals surface area contributed by atoms with Crippen LogP contribution in [0.15, 0.2) is 39.9 Å². The zero-order valence-electron chi connectivity index (χ0n) is 10.6. The van der Waals surface area contributed by atoms with E-state index in [-0.39, 0.29) is 5.56 Å². The molecular formula is C14H16BrN3O. The summed E-state index contributed by atoms with van der Waals surface area (Å²) >= 11 is 3.38. The molecule has 3 rings (SSSR count). The number of aromatic nitrogens is 3. The Morgan fingerprint density at radius 1 is 1.26 bits per heavy atom. The van der Waals surface area contributed by atoms with Crippen LogP contribution in [0.2, 0.25) is 0 Å². The maximum atomic E-state index is 11.7. The van der Waals surface area contributed by atoms with Crippen LogP contribution in [-0.2, 0) is 6.54 Å². The van der Waals surface area contributed by atoms with Crippen molar-refractivity contribution in [2.75, 3.05) is 0 Å². The average Bonchev–Trinajstić information content (AvgIpc) is 3.04. The molecule has 0 atom stereocenters. The van der Waals surface area contributed by atoms with Gasteiger partial charge in [-0.05, 0) is 40.9 Å². The fourth-order valence-corrected chi connectivity index (χ4v) is 3.01. The largest absolute Gasteiger partial charge is 0.308 e. The second kappa shape index (κ2) is 5.33. The molecule has 0 aromatic carbocycles. The van der Waals surface area contributed by atoms with Gasteiger partial charge in [0.25, 0.3) is 5.56 Å². The molecule has 100 valence electrons. The predicted molar refractivity (Wildman–Crippen MR) is 77.2 cm³/mol. The molecule has 2 aromatic rings. The SMILES string of the molecule is O=c1ccc(Br)cn1Cc1ccn(C2CCCC2)n1. The van der Waals surface area contributed by atoms with Gasteiger partial charge in [-0.3, -0.25) is 9.48 Å². The summed E-state index contributed by atoms with van der Waals surface area (Å²) in [4.78, 5) is 11.7. The molecule has 4 nitrogen and oxygen atoms in total. The molecule has 0 spiro atoms. The van der Waals surface area contributed by atoms with Gasteiger partial charge >= 0.3 is 0 Å². The van der Waals surface area contributed by atoms with Crippen LogP contribution in [0.3, 0.4) is 0 Å². The van der Waals surface area contributed by atoms with Gasteiger partial charge in [0, 0.05) is 22.9 Å². The fraction of sp³-hybridized carbons (Fsp3) is 0.429. The average molecular weight is 322 g/mol. The van der Waals surface area contributed by atoms with E-state index in [0.29, 0.717) is 12.6 Å². The number of hydrogen-bond donors (Lipinski definition) is 0. The van der Waals surface area contributed by atoms with Crippen molar-refractivity contribution in [3.63, 3.8) is 0 Å². The zero-order chi connectivity index (χ0) is 13.2. The third-order valence-electron chi connectivity index (χ3n) is 3.64. The molecular weight excluding hydrogens is 306 g/mol. The minimum absolute atomic E-state index is 0.00128. The summed E-state index contributed by atoms with van der Waals surface area (Å²) in [5, 5.41) is 4.60. The van der Waals surface area contributed by atoms with E-state index < -0.39 is 0 Å². The molecule has 2 heterocycles. The number of halogens is 1. The Morgan fingerprint density at radius 2 is 2.05 bits per heavy atom. The Hall–Kier alpha value is -1.36. The van der Waals surface area contributed by atoms with Crippen LogP contribution in [-0.4, -0.2) is 14.3 Å². The van der Waals surface area contributed by atoms with Gasteiger partial charge in [0.1, 0.15) is 0 Å². The van der Waals surface area contributed by atoms with Crippen molar-refractivity contribution in [3.8, 4) is 0 Å². The van der Waals surface area contributed by atoms with Crippen LogP contribution in [0.5, 0.6) is 0 Å². The molecule has 0 N–H and O–H groups in total. The molecule has 0 amide bonds. The summed E-state index contributed by atoms with van der Waals surface area (Å²) in [6.45, 7) is 0.526. The number of hydrogen-bond acceptors (Lipinski definition) is 2. The minimum Gasteiger partial charge on any atom is -0.308 e. The first-order valence-electron chi connectivity index (χ1n) is 6.62. The highest BCUT2D eigenvalue weighted by molar-refractivity contribution is 9.10. The number of pyridine rings is 1. The van der Waals surface area contributed by atoms with Crippen molar-refractivity contribution in [2.45, 2.75) is 38.3 Å². The van der Waals surface area contributed by atoms with Crippen molar-refractivity contribution in [1.29, 1.82) is 0 Å². The Morgan fingerprint density at radius 3 is 2.84 bits per heavy atom. The van der Waals surface area contributed by atoms with Crippen molar-refractivity contribution in [2.24, 2.45) is 0 Å². The lowest BCUT2D eigenvalue weighted by molar-refractivity contribution is 0.461. The summed E-state index contributed by atoms with van der Waals surface area (Å²) in [6.07, 6.45) is 8.87. The van der Waals surface area contributed by atoms with E-state index in [9.17, 15) is 4.79 Å². The second-order valence-corrected chi connectivity index (χ2v) is 5.95. The molecule has 1 saturated carbocycles.